The van der Waals surface area contributed by atoms with Crippen LogP contribution in [0, 0.1) is 11.3 Å². The number of aryl methyl sites for hydroxylation is 1. The van der Waals surface area contributed by atoms with Gasteiger partial charge in [-0.25, -0.2) is 0 Å². The molecule has 1 amide bonds. The Balaban J connectivity index is 1.25. The second kappa shape index (κ2) is 8.31. The van der Waals surface area contributed by atoms with Crippen molar-refractivity contribution in [2.75, 3.05) is 5.32 Å². The molecule has 0 aliphatic heterocycles. The molecule has 1 aliphatic carbocycles. The van der Waals surface area contributed by atoms with Crippen molar-refractivity contribution in [2.24, 2.45) is 7.05 Å². The molecule has 1 saturated carbocycles. The van der Waals surface area contributed by atoms with Gasteiger partial charge < -0.3 is 9.88 Å². The van der Waals surface area contributed by atoms with E-state index in [9.17, 15) is 4.79 Å². The number of amides is 1. The van der Waals surface area contributed by atoms with Crippen molar-refractivity contribution in [3.05, 3.63) is 77.4 Å². The number of hydrogen-bond acceptors (Lipinski definition) is 4. The van der Waals surface area contributed by atoms with Crippen LogP contribution in [0.25, 0.3) is 10.9 Å². The Morgan fingerprint density at radius 3 is 2.84 bits per heavy atom. The fraction of sp³-hybridized carbons (Fsp3) is 0.280. The fourth-order valence-corrected chi connectivity index (χ4v) is 4.26. The number of nitrogens with zero attached hydrogens (tertiary/aromatic N) is 5. The number of anilines is 1. The van der Waals surface area contributed by atoms with Crippen molar-refractivity contribution < 1.29 is 4.79 Å². The quantitative estimate of drug-likeness (QED) is 0.504. The van der Waals surface area contributed by atoms with Gasteiger partial charge in [-0.2, -0.15) is 10.4 Å². The number of nitriles is 1. The van der Waals surface area contributed by atoms with Crippen LogP contribution in [0.2, 0.25) is 0 Å². The summed E-state index contributed by atoms with van der Waals surface area (Å²) in [7, 11) is 2.08. The van der Waals surface area contributed by atoms with Crippen LogP contribution in [-0.4, -0.2) is 25.2 Å². The summed E-state index contributed by atoms with van der Waals surface area (Å²) in [6.45, 7) is 0.468. The van der Waals surface area contributed by atoms with E-state index in [1.165, 1.54) is 35.7 Å². The van der Waals surface area contributed by atoms with Gasteiger partial charge in [0.05, 0.1) is 24.2 Å². The van der Waals surface area contributed by atoms with Crippen LogP contribution in [0.1, 0.15) is 47.6 Å². The van der Waals surface area contributed by atoms with Crippen molar-refractivity contribution >= 4 is 22.6 Å². The van der Waals surface area contributed by atoms with E-state index < -0.39 is 0 Å². The van der Waals surface area contributed by atoms with Gasteiger partial charge in [0.25, 0.3) is 0 Å². The molecule has 0 bridgehead atoms. The molecule has 32 heavy (non-hydrogen) atoms. The van der Waals surface area contributed by atoms with Crippen LogP contribution in [0.15, 0.2) is 55.0 Å². The highest BCUT2D eigenvalue weighted by Gasteiger charge is 2.23. The molecule has 1 N–H and O–H groups in total. The van der Waals surface area contributed by atoms with Gasteiger partial charge in [-0.15, -0.1) is 0 Å². The number of carbonyl (C=O) groups is 1. The number of nitrogens with one attached hydrogen (secondary N) is 1. The van der Waals surface area contributed by atoms with E-state index in [0.717, 1.165) is 11.3 Å². The number of benzene rings is 1. The van der Waals surface area contributed by atoms with Crippen LogP contribution >= 0.6 is 0 Å². The third-order valence-electron chi connectivity index (χ3n) is 6.18. The van der Waals surface area contributed by atoms with Gasteiger partial charge in [-0.3, -0.25) is 14.5 Å². The lowest BCUT2D eigenvalue weighted by Gasteiger charge is -2.25. The van der Waals surface area contributed by atoms with Crippen molar-refractivity contribution in [1.82, 2.24) is 19.3 Å². The molecule has 1 aliphatic rings. The molecule has 4 aromatic rings. The van der Waals surface area contributed by atoms with E-state index in [0.29, 0.717) is 30.3 Å². The average Bonchev–Trinajstić information content (AvgIpc) is 3.31. The van der Waals surface area contributed by atoms with Gasteiger partial charge in [-0.05, 0) is 54.2 Å². The summed E-state index contributed by atoms with van der Waals surface area (Å²) >= 11 is 0. The lowest BCUT2D eigenvalue weighted by atomic mass is 9.80. The van der Waals surface area contributed by atoms with E-state index in [2.05, 4.69) is 51.4 Å². The van der Waals surface area contributed by atoms with E-state index in [1.807, 2.05) is 6.07 Å². The largest absolute Gasteiger partial charge is 0.350 e. The molecule has 3 heterocycles. The van der Waals surface area contributed by atoms with E-state index in [-0.39, 0.29) is 5.91 Å². The molecule has 0 atom stereocenters. The minimum Gasteiger partial charge on any atom is -0.350 e. The monoisotopic (exact) mass is 424 g/mol. The van der Waals surface area contributed by atoms with Gasteiger partial charge >= 0.3 is 0 Å². The molecule has 0 spiro atoms. The summed E-state index contributed by atoms with van der Waals surface area (Å²) < 4.78 is 3.90. The normalized spacial score (nSPS) is 13.6. The third-order valence-corrected chi connectivity index (χ3v) is 6.18. The van der Waals surface area contributed by atoms with Crippen LogP contribution in [0.4, 0.5) is 5.82 Å². The first-order chi connectivity index (χ1) is 15.6. The number of fused-ring (bicyclic) bond motifs is 1. The first-order valence-electron chi connectivity index (χ1n) is 10.9. The number of aromatic nitrogens is 4. The lowest BCUT2D eigenvalue weighted by molar-refractivity contribution is -0.115. The zero-order chi connectivity index (χ0) is 22.1. The van der Waals surface area contributed by atoms with Crippen molar-refractivity contribution in [2.45, 2.75) is 38.1 Å². The van der Waals surface area contributed by atoms with Crippen LogP contribution < -0.4 is 5.32 Å². The molecular formula is C25H24N6O. The van der Waals surface area contributed by atoms with Crippen LogP contribution in [-0.2, 0) is 24.8 Å². The Bertz CT molecular complexity index is 1320. The molecule has 160 valence electrons. The molecule has 1 aromatic carbocycles. The number of hydrogen-bond donors (Lipinski definition) is 1. The van der Waals surface area contributed by atoms with Crippen molar-refractivity contribution in [1.29, 1.82) is 5.26 Å². The Kier molecular flexibility index (Phi) is 5.20. The highest BCUT2D eigenvalue weighted by molar-refractivity contribution is 5.93. The van der Waals surface area contributed by atoms with E-state index in [4.69, 9.17) is 5.26 Å². The molecule has 7 nitrogen and oxygen atoms in total. The second-order valence-electron chi connectivity index (χ2n) is 8.45. The van der Waals surface area contributed by atoms with Gasteiger partial charge in [0, 0.05) is 42.6 Å². The maximum Gasteiger partial charge on any atom is 0.229 e. The maximum atomic E-state index is 12.6. The first kappa shape index (κ1) is 20.0. The van der Waals surface area contributed by atoms with Gasteiger partial charge in [-0.1, -0.05) is 12.5 Å². The molecule has 0 unspecified atom stereocenters. The summed E-state index contributed by atoms with van der Waals surface area (Å²) in [6.07, 6.45) is 9.70. The fourth-order valence-electron chi connectivity index (χ4n) is 4.26. The summed E-state index contributed by atoms with van der Waals surface area (Å²) in [4.78, 5) is 16.9. The second-order valence-corrected chi connectivity index (χ2v) is 8.45. The maximum absolute atomic E-state index is 12.6. The van der Waals surface area contributed by atoms with E-state index >= 15 is 0 Å². The summed E-state index contributed by atoms with van der Waals surface area (Å²) in [5.41, 5.74) is 4.94. The number of rotatable bonds is 6. The predicted octanol–water partition coefficient (Wildman–Crippen LogP) is 4.14. The van der Waals surface area contributed by atoms with Crippen LogP contribution in [0.3, 0.4) is 0 Å². The zero-order valence-electron chi connectivity index (χ0n) is 18.0. The highest BCUT2D eigenvalue weighted by atomic mass is 16.1. The minimum absolute atomic E-state index is 0.0905. The molecule has 0 saturated heterocycles. The Labute approximate surface area is 186 Å². The smallest absolute Gasteiger partial charge is 0.229 e. The van der Waals surface area contributed by atoms with Gasteiger partial charge in [0.15, 0.2) is 5.82 Å². The standard InChI is InChI=1S/C25H24N6O/c1-30-16-22(19-3-2-4-19)21-11-17(6-8-23(21)30)12-25(32)28-24-9-10-31(29-24)15-20-7-5-18(13-26)14-27-20/h5-11,14,16,19H,2-4,12,15H2,1H3,(H,28,29,32). The Morgan fingerprint density at radius 2 is 2.12 bits per heavy atom. The summed E-state index contributed by atoms with van der Waals surface area (Å²) in [5, 5.41) is 17.4. The number of pyridine rings is 1. The van der Waals surface area contributed by atoms with Crippen LogP contribution in [0.5, 0.6) is 0 Å². The average molecular weight is 425 g/mol. The zero-order valence-corrected chi connectivity index (χ0v) is 18.0. The summed E-state index contributed by atoms with van der Waals surface area (Å²) in [5.74, 6) is 1.07. The lowest BCUT2D eigenvalue weighted by Crippen LogP contribution is -2.15. The molecule has 5 rings (SSSR count). The molecule has 3 aromatic heterocycles. The molecule has 0 radical (unpaired) electrons. The third kappa shape index (κ3) is 4.00. The minimum atomic E-state index is -0.0905. The summed E-state index contributed by atoms with van der Waals surface area (Å²) in [6, 6.07) is 13.7. The molecule has 1 fully saturated rings. The topological polar surface area (TPSA) is 88.5 Å². The van der Waals surface area contributed by atoms with Gasteiger partial charge in [0.1, 0.15) is 6.07 Å². The number of carbonyl (C=O) groups excluding carboxylic acids is 1. The first-order valence-corrected chi connectivity index (χ1v) is 10.9. The van der Waals surface area contributed by atoms with E-state index in [1.54, 1.807) is 35.3 Å². The highest BCUT2D eigenvalue weighted by Crippen LogP contribution is 2.40. The van der Waals surface area contributed by atoms with Crippen molar-refractivity contribution in [3.63, 3.8) is 0 Å². The molecular weight excluding hydrogens is 400 g/mol. The van der Waals surface area contributed by atoms with Crippen molar-refractivity contribution in [3.8, 4) is 6.07 Å². The predicted molar refractivity (Wildman–Crippen MR) is 122 cm³/mol. The SMILES string of the molecule is Cn1cc(C2CCC2)c2cc(CC(=O)Nc3ccn(Cc4ccc(C#N)cn4)n3)ccc21. The Morgan fingerprint density at radius 1 is 1.25 bits per heavy atom. The van der Waals surface area contributed by atoms with Gasteiger partial charge in [0.2, 0.25) is 5.91 Å². The molecule has 7 heteroatoms. The Hall–Kier alpha value is -3.92.